The summed E-state index contributed by atoms with van der Waals surface area (Å²) in [6, 6.07) is 7.45. The maximum absolute atomic E-state index is 13.6. The molecule has 0 radical (unpaired) electrons. The molecule has 0 bridgehead atoms. The first-order valence-corrected chi connectivity index (χ1v) is 10.9. The van der Waals surface area contributed by atoms with Gasteiger partial charge in [-0.1, -0.05) is 0 Å². The summed E-state index contributed by atoms with van der Waals surface area (Å²) in [5.41, 5.74) is -0.475. The summed E-state index contributed by atoms with van der Waals surface area (Å²) in [5.74, 6) is 0.960. The molecule has 0 fully saturated rings. The van der Waals surface area contributed by atoms with Crippen LogP contribution in [-0.4, -0.2) is 43.6 Å². The number of alkyl halides is 3. The van der Waals surface area contributed by atoms with Gasteiger partial charge in [-0.2, -0.15) is 18.3 Å². The molecule has 2 N–H and O–H groups in total. The van der Waals surface area contributed by atoms with E-state index >= 15 is 0 Å². The Hall–Kier alpha value is -3.97. The molecule has 1 atom stereocenters. The fourth-order valence-electron chi connectivity index (χ4n) is 4.14. The normalized spacial score (nSPS) is 15.1. The fraction of sp³-hybridized carbons (Fsp3) is 0.304. The van der Waals surface area contributed by atoms with E-state index in [-0.39, 0.29) is 14.4 Å². The first-order valence-electron chi connectivity index (χ1n) is 10.9. The number of carbonyl (C=O) groups is 1. The number of fused-ring (bicyclic) bond motifs is 2. The number of nitrogens with zero attached hydrogens (tertiary/aromatic N) is 5. The van der Waals surface area contributed by atoms with Crippen LogP contribution in [0.15, 0.2) is 42.9 Å². The second-order valence-corrected chi connectivity index (χ2v) is 8.42. The van der Waals surface area contributed by atoms with Gasteiger partial charge in [0.05, 0.1) is 22.5 Å². The van der Waals surface area contributed by atoms with Gasteiger partial charge in [-0.25, -0.2) is 14.8 Å². The lowest BCUT2D eigenvalue weighted by Gasteiger charge is -2.30. The molecule has 192 valence electrons. The molecule has 1 unspecified atom stereocenters. The van der Waals surface area contributed by atoms with Crippen LogP contribution in [0.5, 0.6) is 11.6 Å². The Morgan fingerprint density at radius 3 is 2.75 bits per heavy atom. The van der Waals surface area contributed by atoms with E-state index in [2.05, 4.69) is 25.7 Å². The van der Waals surface area contributed by atoms with Crippen molar-refractivity contribution in [3.63, 3.8) is 0 Å². The lowest BCUT2D eigenvalue weighted by atomic mass is 10.0. The van der Waals surface area contributed by atoms with Crippen molar-refractivity contribution in [3.05, 3.63) is 59.8 Å². The molecule has 1 aliphatic heterocycles. The van der Waals surface area contributed by atoms with Crippen molar-refractivity contribution in [2.45, 2.75) is 31.8 Å². The Morgan fingerprint density at radius 1 is 1.19 bits per heavy atom. The molecular formula is C23H26F3N7O3. The van der Waals surface area contributed by atoms with Crippen molar-refractivity contribution < 1.29 is 30.3 Å². The minimum atomic E-state index is -4.68. The largest absolute Gasteiger partial charge is 0.439 e. The molecule has 36 heavy (non-hydrogen) atoms. The van der Waals surface area contributed by atoms with Gasteiger partial charge in [0.25, 0.3) is 0 Å². The second-order valence-electron chi connectivity index (χ2n) is 8.42. The van der Waals surface area contributed by atoms with Crippen LogP contribution in [0.3, 0.4) is 0 Å². The number of hydrogen-bond donors (Lipinski definition) is 2. The van der Waals surface area contributed by atoms with E-state index < -0.39 is 17.8 Å². The Bertz CT molecular complexity index is 1470. The van der Waals surface area contributed by atoms with E-state index in [0.717, 1.165) is 41.4 Å². The highest BCUT2D eigenvalue weighted by Crippen LogP contribution is 2.42. The van der Waals surface area contributed by atoms with Gasteiger partial charge >= 0.3 is 12.2 Å². The van der Waals surface area contributed by atoms with E-state index in [9.17, 15) is 18.0 Å². The number of hydrogen-bond acceptors (Lipinski definition) is 7. The molecule has 1 aromatic carbocycles. The molecule has 0 saturated carbocycles. The van der Waals surface area contributed by atoms with Gasteiger partial charge in [-0.05, 0) is 31.2 Å². The maximum atomic E-state index is 13.6. The standard InChI is InChI=1S/C23H22F3N7O3.2H2/c1-22(35-3,23(24,25)26)18-9-19(31-32(18)2)30-21(34)33-7-6-13-8-14(4-5-17(13)33)36-20-15-10-27-11-16(15)28-12-29-20;;/h4-9,12,27H,10-11H2,1-3H3,(H,30,31,34);2*1H. The van der Waals surface area contributed by atoms with E-state index in [1.165, 1.54) is 17.9 Å². The molecule has 0 saturated heterocycles. The highest BCUT2D eigenvalue weighted by Gasteiger charge is 2.55. The number of amides is 1. The van der Waals surface area contributed by atoms with Gasteiger partial charge in [0, 0.05) is 47.7 Å². The number of ether oxygens (including phenoxy) is 2. The van der Waals surface area contributed by atoms with Crippen molar-refractivity contribution in [1.82, 2.24) is 29.6 Å². The maximum Gasteiger partial charge on any atom is 0.422 e. The topological polar surface area (TPSA) is 108 Å². The zero-order valence-corrected chi connectivity index (χ0v) is 19.6. The van der Waals surface area contributed by atoms with Crippen LogP contribution in [-0.2, 0) is 30.5 Å². The van der Waals surface area contributed by atoms with Crippen LogP contribution in [0.2, 0.25) is 0 Å². The molecule has 4 aromatic rings. The van der Waals surface area contributed by atoms with E-state index in [1.54, 1.807) is 30.5 Å². The van der Waals surface area contributed by atoms with Gasteiger partial charge in [0.1, 0.15) is 12.1 Å². The smallest absolute Gasteiger partial charge is 0.422 e. The number of rotatable bonds is 5. The predicted octanol–water partition coefficient (Wildman–Crippen LogP) is 4.56. The molecule has 1 aliphatic rings. The molecule has 10 nitrogen and oxygen atoms in total. The minimum Gasteiger partial charge on any atom is -0.439 e. The van der Waals surface area contributed by atoms with Gasteiger partial charge in [0.2, 0.25) is 11.5 Å². The molecule has 3 aromatic heterocycles. The first-order chi connectivity index (χ1) is 17.1. The lowest BCUT2D eigenvalue weighted by Crippen LogP contribution is -2.42. The third kappa shape index (κ3) is 3.95. The van der Waals surface area contributed by atoms with Gasteiger partial charge < -0.3 is 14.8 Å². The summed E-state index contributed by atoms with van der Waals surface area (Å²) < 4.78 is 53.9. The molecule has 0 spiro atoms. The first kappa shape index (κ1) is 23.8. The van der Waals surface area contributed by atoms with Crippen LogP contribution in [0, 0.1) is 0 Å². The lowest BCUT2D eigenvalue weighted by molar-refractivity contribution is -0.271. The number of methoxy groups -OCH3 is 1. The van der Waals surface area contributed by atoms with Crippen LogP contribution in [0.1, 0.15) is 26.7 Å². The number of nitrogens with one attached hydrogen (secondary N) is 2. The van der Waals surface area contributed by atoms with Crippen LogP contribution >= 0.6 is 0 Å². The predicted molar refractivity (Wildman–Crippen MR) is 127 cm³/mol. The monoisotopic (exact) mass is 505 g/mol. The Labute approximate surface area is 206 Å². The molecule has 4 heterocycles. The van der Waals surface area contributed by atoms with E-state index in [0.29, 0.717) is 30.2 Å². The Kier molecular flexibility index (Phi) is 5.68. The minimum absolute atomic E-state index is 0. The molecular weight excluding hydrogens is 479 g/mol. The number of halogens is 3. The summed E-state index contributed by atoms with van der Waals surface area (Å²) in [6.07, 6.45) is -1.68. The second kappa shape index (κ2) is 8.60. The van der Waals surface area contributed by atoms with Gasteiger partial charge in [-0.15, -0.1) is 0 Å². The Balaban J connectivity index is 0.00000200. The Morgan fingerprint density at radius 2 is 2.00 bits per heavy atom. The van der Waals surface area contributed by atoms with Crippen LogP contribution in [0.4, 0.5) is 23.8 Å². The van der Waals surface area contributed by atoms with Crippen LogP contribution in [0.25, 0.3) is 10.9 Å². The van der Waals surface area contributed by atoms with Crippen LogP contribution < -0.4 is 15.4 Å². The molecule has 1 amide bonds. The van der Waals surface area contributed by atoms with Crippen molar-refractivity contribution in [1.29, 1.82) is 0 Å². The number of benzene rings is 1. The zero-order chi connectivity index (χ0) is 25.7. The van der Waals surface area contributed by atoms with E-state index in [4.69, 9.17) is 9.47 Å². The van der Waals surface area contributed by atoms with Gasteiger partial charge in [-0.3, -0.25) is 14.6 Å². The molecule has 13 heteroatoms. The van der Waals surface area contributed by atoms with Crippen molar-refractivity contribution in [2.75, 3.05) is 12.4 Å². The van der Waals surface area contributed by atoms with Crippen molar-refractivity contribution in [3.8, 4) is 11.6 Å². The third-order valence-electron chi connectivity index (χ3n) is 6.24. The summed E-state index contributed by atoms with van der Waals surface area (Å²) in [6.45, 7) is 2.18. The molecule has 0 aliphatic carbocycles. The summed E-state index contributed by atoms with van der Waals surface area (Å²) in [4.78, 5) is 21.4. The average Bonchev–Trinajstić information content (AvgIpc) is 3.56. The third-order valence-corrected chi connectivity index (χ3v) is 6.24. The fourth-order valence-corrected chi connectivity index (χ4v) is 4.14. The van der Waals surface area contributed by atoms with Crippen molar-refractivity contribution >= 4 is 22.8 Å². The quantitative estimate of drug-likeness (QED) is 0.410. The number of carbonyl (C=O) groups excluding carboxylic acids is 1. The van der Waals surface area contributed by atoms with E-state index in [1.807, 2.05) is 0 Å². The summed E-state index contributed by atoms with van der Waals surface area (Å²) in [5, 5.41) is 10.5. The number of anilines is 1. The summed E-state index contributed by atoms with van der Waals surface area (Å²) >= 11 is 0. The number of aryl methyl sites for hydroxylation is 1. The SMILES string of the molecule is COC(C)(c1cc(NC(=O)n2ccc3cc(Oc4ncnc5c4CNC5)ccc32)nn1C)C(F)(F)F.[HH].[HH]. The zero-order valence-electron chi connectivity index (χ0n) is 19.6. The van der Waals surface area contributed by atoms with Crippen molar-refractivity contribution in [2.24, 2.45) is 7.05 Å². The van der Waals surface area contributed by atoms with Gasteiger partial charge in [0.15, 0.2) is 5.82 Å². The highest BCUT2D eigenvalue weighted by molar-refractivity contribution is 5.98. The highest BCUT2D eigenvalue weighted by atomic mass is 19.4. The number of aromatic nitrogens is 5. The average molecular weight is 506 g/mol. The summed E-state index contributed by atoms with van der Waals surface area (Å²) in [7, 11) is 2.32. The molecule has 5 rings (SSSR count).